The number of carbonyl (C=O) groups excluding carboxylic acids is 1. The molecule has 0 saturated heterocycles. The molecule has 1 amide bonds. The van der Waals surface area contributed by atoms with Gasteiger partial charge in [0.2, 0.25) is 11.9 Å². The van der Waals surface area contributed by atoms with Crippen LogP contribution in [0, 0.1) is 6.92 Å². The largest absolute Gasteiger partial charge is 0.454 e. The summed E-state index contributed by atoms with van der Waals surface area (Å²) in [5.74, 6) is 1.65. The summed E-state index contributed by atoms with van der Waals surface area (Å²) in [6.07, 6.45) is 0. The number of para-hydroxylation sites is 1. The number of hydrogen-bond acceptors (Lipinski definition) is 8. The number of nitrogens with zero attached hydrogens (tertiary/aromatic N) is 4. The number of aromatic nitrogens is 4. The second-order valence-electron chi connectivity index (χ2n) is 6.69. The van der Waals surface area contributed by atoms with Crippen LogP contribution in [0.1, 0.15) is 15.5 Å². The minimum Gasteiger partial charge on any atom is -0.454 e. The van der Waals surface area contributed by atoms with Gasteiger partial charge in [-0.15, -0.1) is 11.3 Å². The van der Waals surface area contributed by atoms with Crippen LogP contribution >= 0.6 is 22.7 Å². The Morgan fingerprint density at radius 3 is 2.73 bits per heavy atom. The van der Waals surface area contributed by atoms with E-state index in [1.54, 1.807) is 4.68 Å². The number of anilines is 1. The van der Waals surface area contributed by atoms with Crippen LogP contribution in [0.5, 0.6) is 11.5 Å². The Hall–Kier alpha value is -3.50. The van der Waals surface area contributed by atoms with Crippen molar-refractivity contribution in [2.75, 3.05) is 12.1 Å². The Balaban J connectivity index is 1.36. The molecule has 0 saturated carbocycles. The number of amides is 1. The number of hydrogen-bond donors (Lipinski definition) is 1. The number of thiazole rings is 2. The maximum Gasteiger partial charge on any atom is 0.285 e. The van der Waals surface area contributed by atoms with E-state index in [9.17, 15) is 4.79 Å². The van der Waals surface area contributed by atoms with Gasteiger partial charge in [-0.25, -0.2) is 9.97 Å². The molecule has 1 N–H and O–H groups in total. The van der Waals surface area contributed by atoms with Crippen molar-refractivity contribution in [3.63, 3.8) is 0 Å². The molecule has 6 rings (SSSR count). The van der Waals surface area contributed by atoms with Gasteiger partial charge in [0.25, 0.3) is 5.91 Å². The average molecular weight is 435 g/mol. The predicted octanol–water partition coefficient (Wildman–Crippen LogP) is 4.38. The summed E-state index contributed by atoms with van der Waals surface area (Å²) in [5, 5.41) is 8.48. The fourth-order valence-corrected chi connectivity index (χ4v) is 5.07. The van der Waals surface area contributed by atoms with E-state index < -0.39 is 0 Å². The molecule has 0 atom stereocenters. The molecule has 30 heavy (non-hydrogen) atoms. The number of ether oxygens (including phenoxy) is 2. The molecule has 10 heteroatoms. The third kappa shape index (κ3) is 2.80. The van der Waals surface area contributed by atoms with Gasteiger partial charge in [-0.2, -0.15) is 9.78 Å². The van der Waals surface area contributed by atoms with Crippen molar-refractivity contribution in [1.29, 1.82) is 0 Å². The highest BCUT2D eigenvalue weighted by atomic mass is 32.1. The van der Waals surface area contributed by atoms with E-state index in [1.165, 1.54) is 22.7 Å². The number of fused-ring (bicyclic) bond motifs is 3. The van der Waals surface area contributed by atoms with Crippen LogP contribution in [-0.2, 0) is 0 Å². The van der Waals surface area contributed by atoms with Crippen LogP contribution in [0.25, 0.3) is 25.6 Å². The van der Waals surface area contributed by atoms with E-state index in [1.807, 2.05) is 49.4 Å². The zero-order valence-electron chi connectivity index (χ0n) is 15.6. The molecule has 8 nitrogen and oxygen atoms in total. The van der Waals surface area contributed by atoms with Crippen LogP contribution in [0.3, 0.4) is 0 Å². The molecule has 2 aromatic carbocycles. The van der Waals surface area contributed by atoms with Crippen LogP contribution < -0.4 is 14.8 Å². The summed E-state index contributed by atoms with van der Waals surface area (Å²) in [4.78, 5) is 21.9. The first-order valence-electron chi connectivity index (χ1n) is 9.08. The third-order valence-corrected chi connectivity index (χ3v) is 6.64. The van der Waals surface area contributed by atoms with Gasteiger partial charge < -0.3 is 14.8 Å². The van der Waals surface area contributed by atoms with Crippen molar-refractivity contribution in [2.45, 2.75) is 6.92 Å². The summed E-state index contributed by atoms with van der Waals surface area (Å²) in [6, 6.07) is 13.2. The Kier molecular flexibility index (Phi) is 3.77. The minimum absolute atomic E-state index is 0.222. The van der Waals surface area contributed by atoms with E-state index in [2.05, 4.69) is 20.4 Å². The molecule has 0 radical (unpaired) electrons. The van der Waals surface area contributed by atoms with Gasteiger partial charge in [0.1, 0.15) is 5.82 Å². The van der Waals surface area contributed by atoms with Gasteiger partial charge >= 0.3 is 0 Å². The lowest BCUT2D eigenvalue weighted by molar-refractivity contribution is 0.102. The first-order chi connectivity index (χ1) is 14.6. The summed E-state index contributed by atoms with van der Waals surface area (Å²) in [6.45, 7) is 2.09. The third-order valence-electron chi connectivity index (χ3n) is 4.61. The number of benzene rings is 2. The highest BCUT2D eigenvalue weighted by Crippen LogP contribution is 2.39. The van der Waals surface area contributed by atoms with Crippen LogP contribution in [0.4, 0.5) is 5.82 Å². The highest BCUT2D eigenvalue weighted by Gasteiger charge is 2.20. The van der Waals surface area contributed by atoms with Gasteiger partial charge in [-0.05, 0) is 19.1 Å². The molecule has 0 unspecified atom stereocenters. The van der Waals surface area contributed by atoms with Crippen molar-refractivity contribution in [3.8, 4) is 16.6 Å². The lowest BCUT2D eigenvalue weighted by Crippen LogP contribution is -2.14. The molecule has 0 bridgehead atoms. The molecule has 0 fully saturated rings. The number of rotatable bonds is 3. The molecule has 0 aliphatic carbocycles. The summed E-state index contributed by atoms with van der Waals surface area (Å²) in [5.41, 5.74) is 2.36. The van der Waals surface area contributed by atoms with E-state index in [0.717, 1.165) is 26.1 Å². The van der Waals surface area contributed by atoms with Crippen molar-refractivity contribution >= 4 is 54.8 Å². The van der Waals surface area contributed by atoms with Crippen LogP contribution in [-0.4, -0.2) is 32.4 Å². The standard InChI is InChI=1S/C20H13N5O3S2/c1-10-6-17(23-18(26)19-21-11-4-2-3-5-15(11)29-19)25(24-10)20-22-12-7-13-14(28-9-27-13)8-16(12)30-20/h2-8H,9H2,1H3,(H,23,26). The molecular formula is C20H13N5O3S2. The minimum atomic E-state index is -0.278. The molecule has 0 spiro atoms. The van der Waals surface area contributed by atoms with Crippen molar-refractivity contribution in [2.24, 2.45) is 0 Å². The number of carbonyl (C=O) groups is 1. The van der Waals surface area contributed by atoms with E-state index in [4.69, 9.17) is 9.47 Å². The fourth-order valence-electron chi connectivity index (χ4n) is 3.27. The van der Waals surface area contributed by atoms with Crippen molar-refractivity contribution in [3.05, 3.63) is 53.2 Å². The molecule has 5 aromatic rings. The lowest BCUT2D eigenvalue weighted by Gasteiger charge is -2.04. The molecule has 148 valence electrons. The Morgan fingerprint density at radius 1 is 1.03 bits per heavy atom. The van der Waals surface area contributed by atoms with Gasteiger partial charge in [0, 0.05) is 18.2 Å². The highest BCUT2D eigenvalue weighted by molar-refractivity contribution is 7.21. The second kappa shape index (κ2) is 6.51. The summed E-state index contributed by atoms with van der Waals surface area (Å²) < 4.78 is 14.4. The van der Waals surface area contributed by atoms with Crippen molar-refractivity contribution in [1.82, 2.24) is 19.7 Å². The maximum atomic E-state index is 12.8. The second-order valence-corrected chi connectivity index (χ2v) is 8.73. The van der Waals surface area contributed by atoms with E-state index in [-0.39, 0.29) is 12.7 Å². The first kappa shape index (κ1) is 17.4. The van der Waals surface area contributed by atoms with Gasteiger partial charge in [-0.3, -0.25) is 4.79 Å². The Morgan fingerprint density at radius 2 is 1.87 bits per heavy atom. The lowest BCUT2D eigenvalue weighted by atomic mass is 10.3. The molecular weight excluding hydrogens is 422 g/mol. The average Bonchev–Trinajstić information content (AvgIpc) is 3.50. The SMILES string of the molecule is Cc1cc(NC(=O)c2nc3ccccc3s2)n(-c2nc3cc4c(cc3s2)OCO4)n1. The smallest absolute Gasteiger partial charge is 0.285 e. The van der Waals surface area contributed by atoms with E-state index >= 15 is 0 Å². The zero-order valence-corrected chi connectivity index (χ0v) is 17.2. The number of nitrogens with one attached hydrogen (secondary N) is 1. The molecule has 1 aliphatic rings. The van der Waals surface area contributed by atoms with Gasteiger partial charge in [0.05, 0.1) is 26.1 Å². The van der Waals surface area contributed by atoms with Crippen LogP contribution in [0.2, 0.25) is 0 Å². The Labute approximate surface area is 177 Å². The first-order valence-corrected chi connectivity index (χ1v) is 10.7. The predicted molar refractivity (Wildman–Crippen MR) is 115 cm³/mol. The molecule has 4 heterocycles. The van der Waals surface area contributed by atoms with Gasteiger partial charge in [-0.1, -0.05) is 23.5 Å². The monoisotopic (exact) mass is 435 g/mol. The quantitative estimate of drug-likeness (QED) is 0.452. The zero-order chi connectivity index (χ0) is 20.2. The molecule has 3 aromatic heterocycles. The fraction of sp³-hybridized carbons (Fsp3) is 0.100. The van der Waals surface area contributed by atoms with Crippen LogP contribution in [0.15, 0.2) is 42.5 Å². The topological polar surface area (TPSA) is 91.2 Å². The number of aryl methyl sites for hydroxylation is 1. The maximum absolute atomic E-state index is 12.8. The molecule has 1 aliphatic heterocycles. The van der Waals surface area contributed by atoms with Gasteiger partial charge in [0.15, 0.2) is 16.5 Å². The van der Waals surface area contributed by atoms with E-state index in [0.29, 0.717) is 27.5 Å². The summed E-state index contributed by atoms with van der Waals surface area (Å²) in [7, 11) is 0. The Bertz CT molecular complexity index is 1380. The van der Waals surface area contributed by atoms with Crippen molar-refractivity contribution < 1.29 is 14.3 Å². The summed E-state index contributed by atoms with van der Waals surface area (Å²) >= 11 is 2.82. The normalized spacial score (nSPS) is 12.7.